The Balaban J connectivity index is 1.71. The average molecular weight is 342 g/mol. The van der Waals surface area contributed by atoms with Crippen LogP contribution in [0.1, 0.15) is 12.8 Å². The Morgan fingerprint density at radius 2 is 2.10 bits per heavy atom. The number of hydrogen-bond donors (Lipinski definition) is 0. The van der Waals surface area contributed by atoms with Crippen molar-refractivity contribution in [3.05, 3.63) is 22.7 Å². The molecule has 0 N–H and O–H groups in total. The number of fused-ring (bicyclic) bond motifs is 1. The van der Waals surface area contributed by atoms with Crippen LogP contribution in [0.15, 0.2) is 22.7 Å². The summed E-state index contributed by atoms with van der Waals surface area (Å²) in [7, 11) is 0. The largest absolute Gasteiger partial charge is 0.482 e. The molecule has 0 spiro atoms. The first kappa shape index (κ1) is 13.9. The molecule has 2 aliphatic rings. The smallest absolute Gasteiger partial charge is 0.265 e. The van der Waals surface area contributed by atoms with Crippen LogP contribution in [0.3, 0.4) is 0 Å². The summed E-state index contributed by atoms with van der Waals surface area (Å²) in [5, 5.41) is 0. The van der Waals surface area contributed by atoms with Gasteiger partial charge >= 0.3 is 0 Å². The van der Waals surface area contributed by atoms with Crippen LogP contribution in [0.2, 0.25) is 0 Å². The molecule has 1 aromatic rings. The second-order valence-electron chi connectivity index (χ2n) is 4.76. The van der Waals surface area contributed by atoms with Gasteiger partial charge < -0.3 is 19.1 Å². The van der Waals surface area contributed by atoms with Gasteiger partial charge in [-0.2, -0.15) is 0 Å². The van der Waals surface area contributed by atoms with E-state index in [4.69, 9.17) is 14.2 Å². The van der Waals surface area contributed by atoms with Crippen LogP contribution in [-0.2, 0) is 14.3 Å². The lowest BCUT2D eigenvalue weighted by Gasteiger charge is -2.31. The number of anilines is 1. The standard InChI is InChI=1S/C14H16BrNO4/c15-10-2-3-12-11(8-10)16(13(17)9-20-12)5-4-14-18-6-1-7-19-14/h2-3,8,14H,1,4-7,9H2. The highest BCUT2D eigenvalue weighted by Gasteiger charge is 2.27. The maximum atomic E-state index is 12.0. The van der Waals surface area contributed by atoms with Gasteiger partial charge in [-0.25, -0.2) is 0 Å². The second-order valence-corrected chi connectivity index (χ2v) is 5.68. The molecule has 5 nitrogen and oxygen atoms in total. The summed E-state index contributed by atoms with van der Waals surface area (Å²) >= 11 is 3.42. The van der Waals surface area contributed by atoms with Crippen molar-refractivity contribution in [2.45, 2.75) is 19.1 Å². The van der Waals surface area contributed by atoms with Crippen molar-refractivity contribution in [3.63, 3.8) is 0 Å². The van der Waals surface area contributed by atoms with E-state index in [-0.39, 0.29) is 18.8 Å². The van der Waals surface area contributed by atoms with E-state index in [1.165, 1.54) is 0 Å². The number of rotatable bonds is 3. The first-order chi connectivity index (χ1) is 9.74. The van der Waals surface area contributed by atoms with Gasteiger partial charge in [0.2, 0.25) is 0 Å². The van der Waals surface area contributed by atoms with E-state index in [0.29, 0.717) is 13.0 Å². The quantitative estimate of drug-likeness (QED) is 0.846. The number of nitrogens with zero attached hydrogens (tertiary/aromatic N) is 1. The van der Waals surface area contributed by atoms with E-state index < -0.39 is 0 Å². The summed E-state index contributed by atoms with van der Waals surface area (Å²) in [5.41, 5.74) is 0.798. The molecule has 1 fully saturated rings. The number of ether oxygens (including phenoxy) is 3. The lowest BCUT2D eigenvalue weighted by Crippen LogP contribution is -2.41. The number of carbonyl (C=O) groups excluding carboxylic acids is 1. The Morgan fingerprint density at radius 1 is 1.30 bits per heavy atom. The number of halogens is 1. The molecule has 0 aliphatic carbocycles. The summed E-state index contributed by atoms with van der Waals surface area (Å²) in [6, 6.07) is 5.67. The van der Waals surface area contributed by atoms with Gasteiger partial charge in [-0.15, -0.1) is 0 Å². The van der Waals surface area contributed by atoms with E-state index in [0.717, 1.165) is 35.5 Å². The molecule has 0 saturated carbocycles. The SMILES string of the molecule is O=C1COc2ccc(Br)cc2N1CCC1OCCCO1. The van der Waals surface area contributed by atoms with Gasteiger partial charge in [0, 0.05) is 17.4 Å². The van der Waals surface area contributed by atoms with Crippen LogP contribution >= 0.6 is 15.9 Å². The van der Waals surface area contributed by atoms with Gasteiger partial charge in [0.05, 0.1) is 18.9 Å². The fraction of sp³-hybridized carbons (Fsp3) is 0.500. The molecule has 1 amide bonds. The minimum absolute atomic E-state index is 0.0357. The van der Waals surface area contributed by atoms with Crippen molar-refractivity contribution in [2.24, 2.45) is 0 Å². The molecule has 6 heteroatoms. The summed E-state index contributed by atoms with van der Waals surface area (Å²) in [6.07, 6.45) is 1.38. The zero-order valence-electron chi connectivity index (χ0n) is 11.0. The minimum Gasteiger partial charge on any atom is -0.482 e. The van der Waals surface area contributed by atoms with Crippen LogP contribution in [-0.4, -0.2) is 38.6 Å². The maximum Gasteiger partial charge on any atom is 0.265 e. The van der Waals surface area contributed by atoms with Gasteiger partial charge in [-0.3, -0.25) is 4.79 Å². The Kier molecular flexibility index (Phi) is 4.24. The van der Waals surface area contributed by atoms with Crippen molar-refractivity contribution in [3.8, 4) is 5.75 Å². The lowest BCUT2D eigenvalue weighted by molar-refractivity contribution is -0.179. The number of benzene rings is 1. The van der Waals surface area contributed by atoms with Crippen molar-refractivity contribution >= 4 is 27.5 Å². The molecule has 0 radical (unpaired) electrons. The van der Waals surface area contributed by atoms with Gasteiger partial charge in [-0.1, -0.05) is 15.9 Å². The van der Waals surface area contributed by atoms with Crippen LogP contribution in [0.5, 0.6) is 5.75 Å². The van der Waals surface area contributed by atoms with E-state index in [2.05, 4.69) is 15.9 Å². The normalized spacial score (nSPS) is 19.6. The second kappa shape index (κ2) is 6.11. The third-order valence-electron chi connectivity index (χ3n) is 3.35. The summed E-state index contributed by atoms with van der Waals surface area (Å²) in [4.78, 5) is 13.8. The molecule has 0 unspecified atom stereocenters. The number of hydrogen-bond acceptors (Lipinski definition) is 4. The summed E-state index contributed by atoms with van der Waals surface area (Å²) in [6.45, 7) is 2.10. The summed E-state index contributed by atoms with van der Waals surface area (Å²) in [5.74, 6) is 0.699. The molecule has 0 bridgehead atoms. The number of carbonyl (C=O) groups is 1. The van der Waals surface area contributed by atoms with Crippen molar-refractivity contribution in [2.75, 3.05) is 31.3 Å². The molecule has 3 rings (SSSR count). The molecule has 1 aromatic carbocycles. The topological polar surface area (TPSA) is 48.0 Å². The highest BCUT2D eigenvalue weighted by molar-refractivity contribution is 9.10. The molecule has 0 atom stereocenters. The van der Waals surface area contributed by atoms with Gasteiger partial charge in [0.1, 0.15) is 5.75 Å². The van der Waals surface area contributed by atoms with Gasteiger partial charge in [0.15, 0.2) is 12.9 Å². The first-order valence-corrected chi connectivity index (χ1v) is 7.49. The molecule has 1 saturated heterocycles. The lowest BCUT2D eigenvalue weighted by atomic mass is 10.2. The molecule has 0 aromatic heterocycles. The zero-order valence-corrected chi connectivity index (χ0v) is 12.6. The first-order valence-electron chi connectivity index (χ1n) is 6.70. The molecular weight excluding hydrogens is 326 g/mol. The molecule has 20 heavy (non-hydrogen) atoms. The fourth-order valence-electron chi connectivity index (χ4n) is 2.36. The van der Waals surface area contributed by atoms with E-state index in [1.54, 1.807) is 4.90 Å². The average Bonchev–Trinajstić information content (AvgIpc) is 2.47. The Labute approximate surface area is 125 Å². The molecular formula is C14H16BrNO4. The van der Waals surface area contributed by atoms with Gasteiger partial charge in [-0.05, 0) is 24.6 Å². The van der Waals surface area contributed by atoms with Crippen molar-refractivity contribution < 1.29 is 19.0 Å². The van der Waals surface area contributed by atoms with E-state index in [1.807, 2.05) is 18.2 Å². The monoisotopic (exact) mass is 341 g/mol. The zero-order chi connectivity index (χ0) is 13.9. The third-order valence-corrected chi connectivity index (χ3v) is 3.84. The van der Waals surface area contributed by atoms with Crippen LogP contribution in [0, 0.1) is 0 Å². The van der Waals surface area contributed by atoms with Gasteiger partial charge in [0.25, 0.3) is 5.91 Å². The van der Waals surface area contributed by atoms with E-state index in [9.17, 15) is 4.79 Å². The van der Waals surface area contributed by atoms with Crippen LogP contribution in [0.4, 0.5) is 5.69 Å². The predicted octanol–water partition coefficient (Wildman–Crippen LogP) is 2.33. The van der Waals surface area contributed by atoms with Crippen LogP contribution < -0.4 is 9.64 Å². The predicted molar refractivity (Wildman–Crippen MR) is 76.9 cm³/mol. The van der Waals surface area contributed by atoms with E-state index >= 15 is 0 Å². The van der Waals surface area contributed by atoms with Crippen LogP contribution in [0.25, 0.3) is 0 Å². The Bertz CT molecular complexity index is 502. The highest BCUT2D eigenvalue weighted by atomic mass is 79.9. The molecule has 2 heterocycles. The molecule has 108 valence electrons. The Morgan fingerprint density at radius 3 is 2.90 bits per heavy atom. The maximum absolute atomic E-state index is 12.0. The Hall–Kier alpha value is -1.11. The minimum atomic E-state index is -0.213. The fourth-order valence-corrected chi connectivity index (χ4v) is 2.71. The summed E-state index contributed by atoms with van der Waals surface area (Å²) < 4.78 is 17.4. The third kappa shape index (κ3) is 2.97. The van der Waals surface area contributed by atoms with Crippen molar-refractivity contribution in [1.29, 1.82) is 0 Å². The van der Waals surface area contributed by atoms with Crippen molar-refractivity contribution in [1.82, 2.24) is 0 Å². The molecule has 2 aliphatic heterocycles. The highest BCUT2D eigenvalue weighted by Crippen LogP contribution is 2.34. The number of amides is 1.